The van der Waals surface area contributed by atoms with Gasteiger partial charge in [-0.3, -0.25) is 9.78 Å². The lowest BCUT2D eigenvalue weighted by Crippen LogP contribution is -2.12. The van der Waals surface area contributed by atoms with Gasteiger partial charge in [0.05, 0.1) is 16.6 Å². The van der Waals surface area contributed by atoms with E-state index in [0.29, 0.717) is 16.6 Å². The van der Waals surface area contributed by atoms with Gasteiger partial charge in [-0.25, -0.2) is 9.37 Å². The lowest BCUT2D eigenvalue weighted by molar-refractivity contribution is 0.631. The highest BCUT2D eigenvalue weighted by Gasteiger charge is 2.07. The molecule has 0 unspecified atom stereocenters. The number of halogens is 1. The van der Waals surface area contributed by atoms with Crippen molar-refractivity contribution in [1.82, 2.24) is 9.97 Å². The van der Waals surface area contributed by atoms with E-state index in [-0.39, 0.29) is 17.2 Å². The number of nitrogens with zero attached hydrogens (tertiary/aromatic N) is 1. The van der Waals surface area contributed by atoms with E-state index in [1.807, 2.05) is 6.92 Å². The molecule has 4 N–H and O–H groups in total. The van der Waals surface area contributed by atoms with Crippen LogP contribution in [0.4, 0.5) is 21.7 Å². The van der Waals surface area contributed by atoms with Gasteiger partial charge in [-0.1, -0.05) is 6.07 Å². The fraction of sp³-hybridized carbons (Fsp3) is 0.0667. The first-order chi connectivity index (χ1) is 10.0. The molecular formula is C15H13FN4O. The number of anilines is 3. The molecule has 0 bridgehead atoms. The molecule has 1 aromatic heterocycles. The minimum absolute atomic E-state index is 0.182. The molecule has 0 aliphatic carbocycles. The van der Waals surface area contributed by atoms with Gasteiger partial charge in [-0.15, -0.1) is 0 Å². The van der Waals surface area contributed by atoms with Crippen molar-refractivity contribution >= 4 is 28.2 Å². The molecule has 0 spiro atoms. The number of hydrogen-bond acceptors (Lipinski definition) is 4. The fourth-order valence-electron chi connectivity index (χ4n) is 2.08. The van der Waals surface area contributed by atoms with Gasteiger partial charge in [-0.2, -0.15) is 0 Å². The molecule has 5 nitrogen and oxygen atoms in total. The summed E-state index contributed by atoms with van der Waals surface area (Å²) in [6.45, 7) is 1.85. The number of nitrogens with one attached hydrogen (secondary N) is 2. The molecule has 21 heavy (non-hydrogen) atoms. The predicted molar refractivity (Wildman–Crippen MR) is 81.2 cm³/mol. The van der Waals surface area contributed by atoms with Gasteiger partial charge < -0.3 is 11.1 Å². The third-order valence-corrected chi connectivity index (χ3v) is 3.10. The molecule has 0 amide bonds. The Balaban J connectivity index is 2.07. The number of aromatic amines is 1. The number of aryl methyl sites for hydroxylation is 1. The monoisotopic (exact) mass is 284 g/mol. The van der Waals surface area contributed by atoms with Crippen LogP contribution in [0.3, 0.4) is 0 Å². The Bertz CT molecular complexity index is 888. The van der Waals surface area contributed by atoms with Gasteiger partial charge in [0.25, 0.3) is 5.56 Å². The molecule has 0 aliphatic rings. The van der Waals surface area contributed by atoms with Crippen LogP contribution >= 0.6 is 0 Å². The Morgan fingerprint density at radius 1 is 1.24 bits per heavy atom. The average molecular weight is 284 g/mol. The summed E-state index contributed by atoms with van der Waals surface area (Å²) in [7, 11) is 0. The summed E-state index contributed by atoms with van der Waals surface area (Å²) >= 11 is 0. The molecule has 2 aromatic carbocycles. The molecule has 0 saturated heterocycles. The Morgan fingerprint density at radius 3 is 2.86 bits per heavy atom. The summed E-state index contributed by atoms with van der Waals surface area (Å²) in [6.07, 6.45) is 0. The van der Waals surface area contributed by atoms with Crippen molar-refractivity contribution in [2.24, 2.45) is 0 Å². The first-order valence-electron chi connectivity index (χ1n) is 6.36. The second-order valence-electron chi connectivity index (χ2n) is 4.80. The summed E-state index contributed by atoms with van der Waals surface area (Å²) in [5.41, 5.74) is 7.45. The van der Waals surface area contributed by atoms with Crippen LogP contribution in [-0.4, -0.2) is 9.97 Å². The number of hydrogen-bond donors (Lipinski definition) is 3. The molecule has 0 saturated carbocycles. The van der Waals surface area contributed by atoms with Gasteiger partial charge in [0.15, 0.2) is 0 Å². The maximum atomic E-state index is 13.7. The highest BCUT2D eigenvalue weighted by molar-refractivity contribution is 5.82. The number of nitrogens with two attached hydrogens (primary N) is 1. The van der Waals surface area contributed by atoms with Gasteiger partial charge in [0.2, 0.25) is 5.95 Å². The van der Waals surface area contributed by atoms with Crippen molar-refractivity contribution in [2.75, 3.05) is 11.1 Å². The highest BCUT2D eigenvalue weighted by atomic mass is 19.1. The van der Waals surface area contributed by atoms with E-state index in [1.165, 1.54) is 6.07 Å². The smallest absolute Gasteiger partial charge is 0.260 e. The van der Waals surface area contributed by atoms with E-state index in [0.717, 1.165) is 5.56 Å². The second kappa shape index (κ2) is 4.90. The summed E-state index contributed by atoms with van der Waals surface area (Å²) < 4.78 is 13.7. The summed E-state index contributed by atoms with van der Waals surface area (Å²) in [5.74, 6) is -0.234. The predicted octanol–water partition coefficient (Wildman–Crippen LogP) is 2.70. The zero-order valence-corrected chi connectivity index (χ0v) is 11.3. The zero-order valence-electron chi connectivity index (χ0n) is 11.3. The molecule has 3 aromatic rings. The normalized spacial score (nSPS) is 10.8. The van der Waals surface area contributed by atoms with E-state index >= 15 is 0 Å². The lowest BCUT2D eigenvalue weighted by Gasteiger charge is -2.08. The van der Waals surface area contributed by atoms with E-state index in [2.05, 4.69) is 15.3 Å². The minimum atomic E-state index is -0.416. The van der Waals surface area contributed by atoms with Crippen LogP contribution < -0.4 is 16.6 Å². The lowest BCUT2D eigenvalue weighted by atomic mass is 10.2. The number of rotatable bonds is 2. The number of aromatic nitrogens is 2. The van der Waals surface area contributed by atoms with Crippen LogP contribution in [0.1, 0.15) is 5.56 Å². The molecular weight excluding hydrogens is 271 g/mol. The zero-order chi connectivity index (χ0) is 15.0. The number of nitrogen functional groups attached to an aromatic ring is 1. The largest absolute Gasteiger partial charge is 0.399 e. The van der Waals surface area contributed by atoms with E-state index in [1.54, 1.807) is 30.3 Å². The van der Waals surface area contributed by atoms with Gasteiger partial charge in [-0.05, 0) is 42.8 Å². The van der Waals surface area contributed by atoms with Crippen LogP contribution in [0, 0.1) is 12.7 Å². The third-order valence-electron chi connectivity index (χ3n) is 3.10. The Hall–Kier alpha value is -2.89. The third kappa shape index (κ3) is 2.55. The summed E-state index contributed by atoms with van der Waals surface area (Å²) in [4.78, 5) is 18.8. The van der Waals surface area contributed by atoms with E-state index < -0.39 is 5.82 Å². The Kier molecular flexibility index (Phi) is 3.06. The molecule has 106 valence electrons. The van der Waals surface area contributed by atoms with Crippen molar-refractivity contribution in [3.63, 3.8) is 0 Å². The molecule has 0 radical (unpaired) electrons. The molecule has 1 heterocycles. The molecule has 3 rings (SSSR count). The van der Waals surface area contributed by atoms with Crippen molar-refractivity contribution in [2.45, 2.75) is 6.92 Å². The van der Waals surface area contributed by atoms with Gasteiger partial charge >= 0.3 is 0 Å². The summed E-state index contributed by atoms with van der Waals surface area (Å²) in [5, 5.41) is 3.18. The van der Waals surface area contributed by atoms with Gasteiger partial charge in [0.1, 0.15) is 5.82 Å². The van der Waals surface area contributed by atoms with Crippen LogP contribution in [0.15, 0.2) is 41.2 Å². The summed E-state index contributed by atoms with van der Waals surface area (Å²) in [6, 6.07) is 9.53. The van der Waals surface area contributed by atoms with Crippen LogP contribution in [0.25, 0.3) is 10.9 Å². The van der Waals surface area contributed by atoms with Crippen molar-refractivity contribution in [3.05, 3.63) is 58.1 Å². The number of fused-ring (bicyclic) bond motifs is 1. The highest BCUT2D eigenvalue weighted by Crippen LogP contribution is 2.20. The first-order valence-corrected chi connectivity index (χ1v) is 6.36. The first kappa shape index (κ1) is 13.1. The standard InChI is InChI=1S/C15H13FN4O/c1-8-2-4-11(16)13(6-8)19-15-18-12-5-3-9(17)7-10(12)14(21)20-15/h2-7H,17H2,1H3,(H2,18,19,20,21). The molecule has 0 fully saturated rings. The SMILES string of the molecule is Cc1ccc(F)c(Nc2nc3ccc(N)cc3c(=O)[nH]2)c1. The topological polar surface area (TPSA) is 83.8 Å². The van der Waals surface area contributed by atoms with E-state index in [9.17, 15) is 9.18 Å². The maximum absolute atomic E-state index is 13.7. The minimum Gasteiger partial charge on any atom is -0.399 e. The van der Waals surface area contributed by atoms with Crippen molar-refractivity contribution in [1.29, 1.82) is 0 Å². The Labute approximate surface area is 119 Å². The molecule has 0 atom stereocenters. The second-order valence-corrected chi connectivity index (χ2v) is 4.80. The van der Waals surface area contributed by atoms with Crippen LogP contribution in [-0.2, 0) is 0 Å². The van der Waals surface area contributed by atoms with Crippen molar-refractivity contribution < 1.29 is 4.39 Å². The molecule has 6 heteroatoms. The molecule has 0 aliphatic heterocycles. The number of H-pyrrole nitrogens is 1. The quantitative estimate of drug-likeness (QED) is 0.632. The fourth-order valence-corrected chi connectivity index (χ4v) is 2.08. The Morgan fingerprint density at radius 2 is 2.05 bits per heavy atom. The van der Waals surface area contributed by atoms with Crippen molar-refractivity contribution in [3.8, 4) is 0 Å². The van der Waals surface area contributed by atoms with Crippen LogP contribution in [0.2, 0.25) is 0 Å². The van der Waals surface area contributed by atoms with E-state index in [4.69, 9.17) is 5.73 Å². The maximum Gasteiger partial charge on any atom is 0.260 e. The average Bonchev–Trinajstić information content (AvgIpc) is 2.44. The van der Waals surface area contributed by atoms with Crippen LogP contribution in [0.5, 0.6) is 0 Å². The number of benzene rings is 2. The van der Waals surface area contributed by atoms with Gasteiger partial charge in [0, 0.05) is 5.69 Å².